The number of aromatic amines is 1. The Balaban J connectivity index is 1.72. The van der Waals surface area contributed by atoms with Crippen LogP contribution in [0.1, 0.15) is 31.7 Å². The normalized spacial score (nSPS) is 24.8. The van der Waals surface area contributed by atoms with Gasteiger partial charge in [0, 0.05) is 33.6 Å². The van der Waals surface area contributed by atoms with Crippen molar-refractivity contribution < 1.29 is 9.90 Å². The maximum absolute atomic E-state index is 12.4. The maximum Gasteiger partial charge on any atom is 0.224 e. The molecule has 3 N–H and O–H groups in total. The number of carbonyl (C=O) groups excluding carboxylic acids is 1. The summed E-state index contributed by atoms with van der Waals surface area (Å²) in [5, 5.41) is 14.3. The second-order valence-corrected chi connectivity index (χ2v) is 6.94. The SMILES string of the molecule is CC1(CO)CCCC1NC(=O)Cc1c[nH]c2ccc(Cl)cc12. The molecule has 2 unspecified atom stereocenters. The van der Waals surface area contributed by atoms with Crippen molar-refractivity contribution in [3.8, 4) is 0 Å². The van der Waals surface area contributed by atoms with Crippen molar-refractivity contribution in [3.05, 3.63) is 35.0 Å². The molecule has 2 atom stereocenters. The first-order chi connectivity index (χ1) is 10.5. The zero-order valence-electron chi connectivity index (χ0n) is 12.7. The van der Waals surface area contributed by atoms with Gasteiger partial charge in [-0.2, -0.15) is 0 Å². The van der Waals surface area contributed by atoms with E-state index in [0.717, 1.165) is 35.7 Å². The van der Waals surface area contributed by atoms with Gasteiger partial charge in [0.2, 0.25) is 5.91 Å². The van der Waals surface area contributed by atoms with Crippen LogP contribution in [0.4, 0.5) is 0 Å². The molecule has 5 heteroatoms. The van der Waals surface area contributed by atoms with Crippen molar-refractivity contribution in [1.29, 1.82) is 0 Å². The molecule has 1 heterocycles. The van der Waals surface area contributed by atoms with Crippen molar-refractivity contribution in [2.24, 2.45) is 5.41 Å². The van der Waals surface area contributed by atoms with Crippen molar-refractivity contribution in [3.63, 3.8) is 0 Å². The zero-order chi connectivity index (χ0) is 15.7. The maximum atomic E-state index is 12.4. The van der Waals surface area contributed by atoms with E-state index < -0.39 is 0 Å². The van der Waals surface area contributed by atoms with Crippen LogP contribution in [-0.2, 0) is 11.2 Å². The van der Waals surface area contributed by atoms with Crippen LogP contribution in [0, 0.1) is 5.41 Å². The van der Waals surface area contributed by atoms with Gasteiger partial charge in [0.15, 0.2) is 0 Å². The molecule has 1 fully saturated rings. The lowest BCUT2D eigenvalue weighted by Gasteiger charge is -2.30. The molecule has 1 aromatic heterocycles. The summed E-state index contributed by atoms with van der Waals surface area (Å²) in [4.78, 5) is 15.5. The number of fused-ring (bicyclic) bond motifs is 1. The van der Waals surface area contributed by atoms with Crippen LogP contribution < -0.4 is 5.32 Å². The average Bonchev–Trinajstić information content (AvgIpc) is 3.04. The van der Waals surface area contributed by atoms with Gasteiger partial charge < -0.3 is 15.4 Å². The molecule has 1 amide bonds. The van der Waals surface area contributed by atoms with Crippen molar-refractivity contribution in [2.45, 2.75) is 38.6 Å². The lowest BCUT2D eigenvalue weighted by molar-refractivity contribution is -0.122. The Morgan fingerprint density at radius 1 is 1.55 bits per heavy atom. The number of nitrogens with one attached hydrogen (secondary N) is 2. The van der Waals surface area contributed by atoms with Gasteiger partial charge in [0.1, 0.15) is 0 Å². The molecular weight excluding hydrogens is 300 g/mol. The van der Waals surface area contributed by atoms with Crippen LogP contribution in [0.25, 0.3) is 10.9 Å². The van der Waals surface area contributed by atoms with E-state index in [1.165, 1.54) is 0 Å². The smallest absolute Gasteiger partial charge is 0.224 e. The lowest BCUT2D eigenvalue weighted by atomic mass is 9.85. The number of H-pyrrole nitrogens is 1. The number of aromatic nitrogens is 1. The van der Waals surface area contributed by atoms with Gasteiger partial charge in [-0.15, -0.1) is 0 Å². The molecule has 3 rings (SSSR count). The first-order valence-corrected chi connectivity index (χ1v) is 8.05. The third-order valence-corrected chi connectivity index (χ3v) is 5.09. The van der Waals surface area contributed by atoms with Gasteiger partial charge in [-0.1, -0.05) is 24.9 Å². The summed E-state index contributed by atoms with van der Waals surface area (Å²) in [5.41, 5.74) is 1.73. The van der Waals surface area contributed by atoms with E-state index in [4.69, 9.17) is 11.6 Å². The molecule has 118 valence electrons. The largest absolute Gasteiger partial charge is 0.396 e. The van der Waals surface area contributed by atoms with Gasteiger partial charge >= 0.3 is 0 Å². The number of carbonyl (C=O) groups is 1. The highest BCUT2D eigenvalue weighted by Crippen LogP contribution is 2.37. The topological polar surface area (TPSA) is 65.1 Å². The minimum atomic E-state index is -0.195. The van der Waals surface area contributed by atoms with Crippen LogP contribution in [0.15, 0.2) is 24.4 Å². The molecule has 1 aliphatic carbocycles. The number of aliphatic hydroxyl groups excluding tert-OH is 1. The summed E-state index contributed by atoms with van der Waals surface area (Å²) in [6, 6.07) is 5.68. The van der Waals surface area contributed by atoms with Crippen LogP contribution in [-0.4, -0.2) is 28.6 Å². The highest BCUT2D eigenvalue weighted by Gasteiger charge is 2.39. The fourth-order valence-electron chi connectivity index (χ4n) is 3.38. The van der Waals surface area contributed by atoms with Crippen molar-refractivity contribution in [2.75, 3.05) is 6.61 Å². The fourth-order valence-corrected chi connectivity index (χ4v) is 3.56. The van der Waals surface area contributed by atoms with Crippen LogP contribution in [0.3, 0.4) is 0 Å². The Morgan fingerprint density at radius 2 is 2.36 bits per heavy atom. The summed E-state index contributed by atoms with van der Waals surface area (Å²) in [6.45, 7) is 2.15. The van der Waals surface area contributed by atoms with E-state index in [-0.39, 0.29) is 24.0 Å². The Morgan fingerprint density at radius 3 is 3.14 bits per heavy atom. The third-order valence-electron chi connectivity index (χ3n) is 4.86. The minimum absolute atomic E-state index is 0.00699. The lowest BCUT2D eigenvalue weighted by Crippen LogP contribution is -2.45. The number of halogens is 1. The molecule has 1 aliphatic rings. The van der Waals surface area contributed by atoms with Gasteiger partial charge in [-0.25, -0.2) is 0 Å². The summed E-state index contributed by atoms with van der Waals surface area (Å²) in [6.07, 6.45) is 5.11. The van der Waals surface area contributed by atoms with E-state index in [2.05, 4.69) is 10.3 Å². The average molecular weight is 321 g/mol. The first kappa shape index (κ1) is 15.4. The van der Waals surface area contributed by atoms with Crippen LogP contribution >= 0.6 is 11.6 Å². The third kappa shape index (κ3) is 2.85. The Kier molecular flexibility index (Phi) is 4.15. The predicted octanol–water partition coefficient (Wildman–Crippen LogP) is 3.03. The minimum Gasteiger partial charge on any atom is -0.396 e. The molecule has 1 saturated carbocycles. The molecular formula is C17H21ClN2O2. The quantitative estimate of drug-likeness (QED) is 0.810. The molecule has 0 saturated heterocycles. The molecule has 2 aromatic rings. The second-order valence-electron chi connectivity index (χ2n) is 6.51. The number of aliphatic hydroxyl groups is 1. The predicted molar refractivity (Wildman–Crippen MR) is 88.0 cm³/mol. The Labute approximate surface area is 134 Å². The molecule has 22 heavy (non-hydrogen) atoms. The van der Waals surface area contributed by atoms with Gasteiger partial charge in [-0.3, -0.25) is 4.79 Å². The number of hydrogen-bond donors (Lipinski definition) is 3. The van der Waals surface area contributed by atoms with Crippen molar-refractivity contribution >= 4 is 28.4 Å². The Hall–Kier alpha value is -1.52. The van der Waals surface area contributed by atoms with Gasteiger partial charge in [-0.05, 0) is 36.6 Å². The molecule has 0 bridgehead atoms. The van der Waals surface area contributed by atoms with Crippen LogP contribution in [0.5, 0.6) is 0 Å². The number of hydrogen-bond acceptors (Lipinski definition) is 2. The first-order valence-electron chi connectivity index (χ1n) is 7.67. The van der Waals surface area contributed by atoms with E-state index in [9.17, 15) is 9.90 Å². The zero-order valence-corrected chi connectivity index (χ0v) is 13.4. The highest BCUT2D eigenvalue weighted by atomic mass is 35.5. The van der Waals surface area contributed by atoms with E-state index in [0.29, 0.717) is 11.4 Å². The Bertz CT molecular complexity index is 697. The van der Waals surface area contributed by atoms with Gasteiger partial charge in [0.05, 0.1) is 13.0 Å². The summed E-state index contributed by atoms with van der Waals surface area (Å²) < 4.78 is 0. The molecule has 0 aliphatic heterocycles. The van der Waals surface area contributed by atoms with E-state index >= 15 is 0 Å². The van der Waals surface area contributed by atoms with E-state index in [1.54, 1.807) is 0 Å². The summed E-state index contributed by atoms with van der Waals surface area (Å²) >= 11 is 6.04. The summed E-state index contributed by atoms with van der Waals surface area (Å²) in [5.74, 6) is -0.00699. The molecule has 0 radical (unpaired) electrons. The molecule has 0 spiro atoms. The molecule has 1 aromatic carbocycles. The van der Waals surface area contributed by atoms with Crippen LogP contribution in [0.2, 0.25) is 5.02 Å². The number of amides is 1. The second kappa shape index (κ2) is 5.94. The monoisotopic (exact) mass is 320 g/mol. The standard InChI is InChI=1S/C17H21ClN2O2/c1-17(10-21)6-2-3-15(17)20-16(22)7-11-9-19-14-5-4-12(18)8-13(11)14/h4-5,8-9,15,19,21H,2-3,6-7,10H2,1H3,(H,20,22). The van der Waals surface area contributed by atoms with Crippen molar-refractivity contribution in [1.82, 2.24) is 10.3 Å². The highest BCUT2D eigenvalue weighted by molar-refractivity contribution is 6.31. The number of benzene rings is 1. The summed E-state index contributed by atoms with van der Waals surface area (Å²) in [7, 11) is 0. The number of rotatable bonds is 4. The molecule has 4 nitrogen and oxygen atoms in total. The van der Waals surface area contributed by atoms with E-state index in [1.807, 2.05) is 31.3 Å². The van der Waals surface area contributed by atoms with Gasteiger partial charge in [0.25, 0.3) is 0 Å². The fraction of sp³-hybridized carbons (Fsp3) is 0.471.